The first kappa shape index (κ1) is 17.7. The lowest BCUT2D eigenvalue weighted by atomic mass is 9.95. The van der Waals surface area contributed by atoms with Crippen LogP contribution in [0, 0.1) is 13.8 Å². The molecule has 5 heteroatoms. The van der Waals surface area contributed by atoms with E-state index >= 15 is 0 Å². The first-order valence-electron chi connectivity index (χ1n) is 9.63. The number of amides is 2. The van der Waals surface area contributed by atoms with Crippen LogP contribution in [-0.2, 0) is 0 Å². The quantitative estimate of drug-likeness (QED) is 0.910. The van der Waals surface area contributed by atoms with E-state index in [1.165, 1.54) is 0 Å². The predicted molar refractivity (Wildman–Crippen MR) is 104 cm³/mol. The molecule has 3 heterocycles. The van der Waals surface area contributed by atoms with Gasteiger partial charge in [-0.2, -0.15) is 0 Å². The predicted octanol–water partition coefficient (Wildman–Crippen LogP) is 3.26. The van der Waals surface area contributed by atoms with Gasteiger partial charge in [0.2, 0.25) is 0 Å². The van der Waals surface area contributed by atoms with Crippen molar-refractivity contribution >= 4 is 11.8 Å². The van der Waals surface area contributed by atoms with Gasteiger partial charge in [0.25, 0.3) is 11.8 Å². The highest BCUT2D eigenvalue weighted by molar-refractivity contribution is 5.96. The van der Waals surface area contributed by atoms with Crippen molar-refractivity contribution in [3.8, 4) is 0 Å². The summed E-state index contributed by atoms with van der Waals surface area (Å²) >= 11 is 0. The lowest BCUT2D eigenvalue weighted by Gasteiger charge is -2.39. The number of pyridine rings is 1. The van der Waals surface area contributed by atoms with Crippen molar-refractivity contribution in [3.05, 3.63) is 65.0 Å². The summed E-state index contributed by atoms with van der Waals surface area (Å²) in [5, 5.41) is 3.15. The molecule has 5 nitrogen and oxygen atoms in total. The van der Waals surface area contributed by atoms with E-state index in [0.717, 1.165) is 42.4 Å². The Kier molecular flexibility index (Phi) is 4.68. The van der Waals surface area contributed by atoms with Crippen molar-refractivity contribution in [1.29, 1.82) is 0 Å². The number of aromatic nitrogens is 1. The molecular formula is C22H25N3O2. The molecule has 1 N–H and O–H groups in total. The summed E-state index contributed by atoms with van der Waals surface area (Å²) in [6.07, 6.45) is 6.94. The van der Waals surface area contributed by atoms with Crippen LogP contribution in [0.15, 0.2) is 42.7 Å². The largest absolute Gasteiger partial charge is 0.349 e. The average Bonchev–Trinajstić information content (AvgIpc) is 2.91. The third-order valence-corrected chi connectivity index (χ3v) is 5.71. The van der Waals surface area contributed by atoms with E-state index < -0.39 is 0 Å². The summed E-state index contributed by atoms with van der Waals surface area (Å²) < 4.78 is 0. The zero-order valence-electron chi connectivity index (χ0n) is 15.8. The molecule has 27 heavy (non-hydrogen) atoms. The first-order valence-corrected chi connectivity index (χ1v) is 9.63. The smallest absolute Gasteiger partial charge is 0.254 e. The van der Waals surface area contributed by atoms with Gasteiger partial charge in [0.15, 0.2) is 0 Å². The number of carbonyl (C=O) groups is 2. The number of hydrogen-bond acceptors (Lipinski definition) is 3. The number of aryl methyl sites for hydroxylation is 2. The Morgan fingerprint density at radius 2 is 1.56 bits per heavy atom. The molecular weight excluding hydrogens is 338 g/mol. The Hall–Kier alpha value is -2.69. The van der Waals surface area contributed by atoms with Gasteiger partial charge in [-0.15, -0.1) is 0 Å². The van der Waals surface area contributed by atoms with Gasteiger partial charge < -0.3 is 10.2 Å². The van der Waals surface area contributed by atoms with Crippen molar-refractivity contribution in [2.75, 3.05) is 0 Å². The standard InChI is InChI=1S/C22H25N3O2/c1-14-9-15(2)11-17(10-14)22(27)25-19-3-4-20(25)13-18(12-19)24-21(26)16-5-7-23-8-6-16/h5-11,18-20H,3-4,12-13H2,1-2H3,(H,24,26). The van der Waals surface area contributed by atoms with Crippen molar-refractivity contribution in [3.63, 3.8) is 0 Å². The summed E-state index contributed by atoms with van der Waals surface area (Å²) in [7, 11) is 0. The molecule has 1 aromatic heterocycles. The molecule has 0 spiro atoms. The summed E-state index contributed by atoms with van der Waals surface area (Å²) in [6.45, 7) is 4.05. The van der Waals surface area contributed by atoms with E-state index in [9.17, 15) is 9.59 Å². The Bertz CT molecular complexity index is 831. The van der Waals surface area contributed by atoms with Crippen LogP contribution >= 0.6 is 0 Å². The van der Waals surface area contributed by atoms with Gasteiger partial charge in [-0.3, -0.25) is 14.6 Å². The Balaban J connectivity index is 1.46. The second kappa shape index (κ2) is 7.14. The second-order valence-corrected chi connectivity index (χ2v) is 7.85. The molecule has 2 amide bonds. The Labute approximate surface area is 159 Å². The summed E-state index contributed by atoms with van der Waals surface area (Å²) in [5.41, 5.74) is 3.64. The van der Waals surface area contributed by atoms with Crippen molar-refractivity contribution in [2.45, 2.75) is 57.7 Å². The van der Waals surface area contributed by atoms with Gasteiger partial charge >= 0.3 is 0 Å². The number of piperidine rings is 1. The molecule has 0 aliphatic carbocycles. The van der Waals surface area contributed by atoms with Crippen LogP contribution in [0.4, 0.5) is 0 Å². The second-order valence-electron chi connectivity index (χ2n) is 7.85. The lowest BCUT2D eigenvalue weighted by Crippen LogP contribution is -2.52. The number of fused-ring (bicyclic) bond motifs is 2. The van der Waals surface area contributed by atoms with Gasteiger partial charge in [0, 0.05) is 41.6 Å². The summed E-state index contributed by atoms with van der Waals surface area (Å²) in [5.74, 6) is 0.0732. The monoisotopic (exact) mass is 363 g/mol. The van der Waals surface area contributed by atoms with Gasteiger partial charge in [-0.1, -0.05) is 17.2 Å². The van der Waals surface area contributed by atoms with Gasteiger partial charge in [-0.05, 0) is 63.8 Å². The minimum Gasteiger partial charge on any atom is -0.349 e. The number of nitrogens with zero attached hydrogens (tertiary/aromatic N) is 2. The van der Waals surface area contributed by atoms with Crippen molar-refractivity contribution in [1.82, 2.24) is 15.2 Å². The molecule has 0 radical (unpaired) electrons. The first-order chi connectivity index (χ1) is 13.0. The van der Waals surface area contributed by atoms with Crippen LogP contribution in [0.25, 0.3) is 0 Å². The maximum Gasteiger partial charge on any atom is 0.254 e. The van der Waals surface area contributed by atoms with Crippen LogP contribution in [-0.4, -0.2) is 39.8 Å². The number of hydrogen-bond donors (Lipinski definition) is 1. The third-order valence-electron chi connectivity index (χ3n) is 5.71. The van der Waals surface area contributed by atoms with E-state index in [4.69, 9.17) is 0 Å². The highest BCUT2D eigenvalue weighted by Crippen LogP contribution is 2.37. The fourth-order valence-electron chi connectivity index (χ4n) is 4.65. The molecule has 140 valence electrons. The average molecular weight is 363 g/mol. The van der Waals surface area contributed by atoms with Crippen LogP contribution in [0.3, 0.4) is 0 Å². The zero-order valence-corrected chi connectivity index (χ0v) is 15.8. The molecule has 2 aliphatic rings. The molecule has 2 unspecified atom stereocenters. The Morgan fingerprint density at radius 3 is 2.15 bits per heavy atom. The molecule has 2 atom stereocenters. The molecule has 1 aromatic carbocycles. The fraction of sp³-hybridized carbons (Fsp3) is 0.409. The van der Waals surface area contributed by atoms with Crippen LogP contribution < -0.4 is 5.32 Å². The number of nitrogens with one attached hydrogen (secondary N) is 1. The summed E-state index contributed by atoms with van der Waals surface area (Å²) in [4.78, 5) is 31.6. The molecule has 2 aliphatic heterocycles. The van der Waals surface area contributed by atoms with Crippen LogP contribution in [0.1, 0.15) is 57.5 Å². The normalized spacial score (nSPS) is 23.9. The van der Waals surface area contributed by atoms with E-state index in [-0.39, 0.29) is 29.9 Å². The molecule has 0 saturated carbocycles. The van der Waals surface area contributed by atoms with E-state index in [0.29, 0.717) is 5.56 Å². The van der Waals surface area contributed by atoms with Crippen LogP contribution in [0.2, 0.25) is 0 Å². The van der Waals surface area contributed by atoms with Crippen LogP contribution in [0.5, 0.6) is 0 Å². The highest BCUT2D eigenvalue weighted by atomic mass is 16.2. The van der Waals surface area contributed by atoms with Crippen molar-refractivity contribution in [2.24, 2.45) is 0 Å². The lowest BCUT2D eigenvalue weighted by molar-refractivity contribution is 0.0549. The highest BCUT2D eigenvalue weighted by Gasteiger charge is 2.43. The maximum absolute atomic E-state index is 13.1. The van der Waals surface area contributed by atoms with E-state index in [2.05, 4.69) is 21.3 Å². The minimum atomic E-state index is -0.0594. The third kappa shape index (κ3) is 3.59. The van der Waals surface area contributed by atoms with E-state index in [1.54, 1.807) is 24.5 Å². The number of benzene rings is 1. The molecule has 4 rings (SSSR count). The van der Waals surface area contributed by atoms with Gasteiger partial charge in [0.1, 0.15) is 0 Å². The molecule has 2 bridgehead atoms. The molecule has 2 aromatic rings. The minimum absolute atomic E-state index is 0.0594. The SMILES string of the molecule is Cc1cc(C)cc(C(=O)N2C3CCC2CC(NC(=O)c2ccncc2)C3)c1. The van der Waals surface area contributed by atoms with E-state index in [1.807, 2.05) is 26.0 Å². The van der Waals surface area contributed by atoms with Gasteiger partial charge in [0.05, 0.1) is 0 Å². The number of rotatable bonds is 3. The van der Waals surface area contributed by atoms with Crippen molar-refractivity contribution < 1.29 is 9.59 Å². The zero-order chi connectivity index (χ0) is 19.0. The Morgan fingerprint density at radius 1 is 0.963 bits per heavy atom. The topological polar surface area (TPSA) is 62.3 Å². The molecule has 2 saturated heterocycles. The summed E-state index contributed by atoms with van der Waals surface area (Å²) in [6, 6.07) is 10.0. The maximum atomic E-state index is 13.1. The fourth-order valence-corrected chi connectivity index (χ4v) is 4.65. The van der Waals surface area contributed by atoms with Gasteiger partial charge in [-0.25, -0.2) is 0 Å². The molecule has 2 fully saturated rings. The number of carbonyl (C=O) groups excluding carboxylic acids is 2.